The van der Waals surface area contributed by atoms with Gasteiger partial charge in [-0.1, -0.05) is 29.6 Å². The summed E-state index contributed by atoms with van der Waals surface area (Å²) in [6.45, 7) is 0. The fourth-order valence-electron chi connectivity index (χ4n) is 2.11. The van der Waals surface area contributed by atoms with Gasteiger partial charge in [0.15, 0.2) is 11.0 Å². The molecule has 0 saturated heterocycles. The van der Waals surface area contributed by atoms with Crippen molar-refractivity contribution >= 4 is 46.5 Å². The number of benzene rings is 1. The normalized spacial score (nSPS) is 11.1. The highest BCUT2D eigenvalue weighted by Crippen LogP contribution is 2.27. The van der Waals surface area contributed by atoms with Crippen molar-refractivity contribution in [2.75, 3.05) is 11.1 Å². The molecule has 2 aromatic heterocycles. The first-order valence-electron chi connectivity index (χ1n) is 7.43. The van der Waals surface area contributed by atoms with Crippen molar-refractivity contribution in [1.29, 1.82) is 0 Å². The molecule has 0 aliphatic carbocycles. The number of rotatable bonds is 7. The Morgan fingerprint density at radius 2 is 2.04 bits per heavy atom. The number of nitrogens with one attached hydrogen (secondary N) is 1. The summed E-state index contributed by atoms with van der Waals surface area (Å²) in [5.41, 5.74) is 0.562. The van der Waals surface area contributed by atoms with Crippen molar-refractivity contribution in [3.05, 3.63) is 41.8 Å². The van der Waals surface area contributed by atoms with E-state index < -0.39 is 5.76 Å². The summed E-state index contributed by atoms with van der Waals surface area (Å²) >= 11 is 3.33. The van der Waals surface area contributed by atoms with Crippen LogP contribution in [0.4, 0.5) is 14.5 Å². The van der Waals surface area contributed by atoms with Gasteiger partial charge in [-0.15, -0.1) is 21.5 Å². The first-order valence-corrected chi connectivity index (χ1v) is 10.2. The number of nitrogens with zero attached hydrogens (tertiary/aromatic N) is 3. The Kier molecular flexibility index (Phi) is 6.28. The summed E-state index contributed by atoms with van der Waals surface area (Å²) in [6, 6.07) is 10.2. The molecule has 3 rings (SSSR count). The van der Waals surface area contributed by atoms with Crippen molar-refractivity contribution in [2.45, 2.75) is 15.8 Å². The van der Waals surface area contributed by atoms with Gasteiger partial charge in [-0.05, 0) is 35.7 Å². The van der Waals surface area contributed by atoms with Gasteiger partial charge >= 0.3 is 0 Å². The lowest BCUT2D eigenvalue weighted by Crippen LogP contribution is -2.14. The van der Waals surface area contributed by atoms with E-state index in [-0.39, 0.29) is 11.7 Å². The van der Waals surface area contributed by atoms with E-state index in [1.165, 1.54) is 11.8 Å². The second-order valence-corrected chi connectivity index (χ2v) is 8.04. The van der Waals surface area contributed by atoms with Crippen LogP contribution in [0.5, 0.6) is 0 Å². The highest BCUT2D eigenvalue weighted by Gasteiger charge is 2.13. The zero-order valence-corrected chi connectivity index (χ0v) is 16.0. The van der Waals surface area contributed by atoms with Crippen molar-refractivity contribution in [3.8, 4) is 10.7 Å². The minimum absolute atomic E-state index is 0.171. The number of carbonyl (C=O) groups is 1. The third-order valence-electron chi connectivity index (χ3n) is 3.27. The van der Waals surface area contributed by atoms with E-state index in [1.54, 1.807) is 35.6 Å². The van der Waals surface area contributed by atoms with Gasteiger partial charge in [-0.2, -0.15) is 8.78 Å². The number of halogens is 2. The average Bonchev–Trinajstić information content (AvgIpc) is 3.24. The maximum absolute atomic E-state index is 12.3. The van der Waals surface area contributed by atoms with Gasteiger partial charge in [0.2, 0.25) is 5.91 Å². The summed E-state index contributed by atoms with van der Waals surface area (Å²) in [5, 5.41) is 13.6. The summed E-state index contributed by atoms with van der Waals surface area (Å²) in [5.74, 6) is -1.73. The van der Waals surface area contributed by atoms with E-state index in [4.69, 9.17) is 0 Å². The Labute approximate surface area is 161 Å². The zero-order valence-electron chi connectivity index (χ0n) is 13.6. The Bertz CT molecular complexity index is 866. The van der Waals surface area contributed by atoms with Crippen molar-refractivity contribution in [2.24, 2.45) is 7.05 Å². The molecular formula is C16H14F2N4OS3. The molecule has 2 heterocycles. The number of thioether (sulfide) groups is 2. The highest BCUT2D eigenvalue weighted by molar-refractivity contribution is 8.00. The average molecular weight is 413 g/mol. The molecule has 1 amide bonds. The van der Waals surface area contributed by atoms with Crippen LogP contribution in [0.15, 0.2) is 51.8 Å². The number of alkyl halides is 2. The molecule has 5 nitrogen and oxygen atoms in total. The minimum Gasteiger partial charge on any atom is -0.325 e. The summed E-state index contributed by atoms with van der Waals surface area (Å²) < 4.78 is 26.4. The van der Waals surface area contributed by atoms with Gasteiger partial charge in [0.05, 0.1) is 10.6 Å². The molecule has 1 aromatic carbocycles. The molecule has 0 radical (unpaired) electrons. The third-order valence-corrected chi connectivity index (χ3v) is 5.88. The van der Waals surface area contributed by atoms with Gasteiger partial charge in [-0.25, -0.2) is 0 Å². The summed E-state index contributed by atoms with van der Waals surface area (Å²) in [4.78, 5) is 13.5. The van der Waals surface area contributed by atoms with Crippen LogP contribution in [0.3, 0.4) is 0 Å². The molecule has 0 atom stereocenters. The Morgan fingerprint density at radius 3 is 2.69 bits per heavy atom. The second kappa shape index (κ2) is 8.65. The van der Waals surface area contributed by atoms with Gasteiger partial charge in [0.25, 0.3) is 5.76 Å². The van der Waals surface area contributed by atoms with E-state index in [1.807, 2.05) is 29.1 Å². The summed E-state index contributed by atoms with van der Waals surface area (Å²) in [6.07, 6.45) is 0. The van der Waals surface area contributed by atoms with E-state index in [0.717, 1.165) is 10.7 Å². The van der Waals surface area contributed by atoms with Crippen molar-refractivity contribution < 1.29 is 13.6 Å². The Balaban J connectivity index is 1.54. The van der Waals surface area contributed by atoms with E-state index in [0.29, 0.717) is 27.5 Å². The molecule has 0 fully saturated rings. The standard InChI is InChI=1S/C16H14F2N4OS3/c1-22-14(12-3-2-8-24-12)20-21-16(22)25-9-13(23)19-10-4-6-11(7-5-10)26-15(17)18/h2-8,15H,9H2,1H3,(H,19,23). The number of thiophene rings is 1. The third kappa shape index (κ3) is 4.83. The predicted octanol–water partition coefficient (Wildman–Crippen LogP) is 4.59. The summed E-state index contributed by atoms with van der Waals surface area (Å²) in [7, 11) is 1.86. The SMILES string of the molecule is Cn1c(SCC(=O)Nc2ccc(SC(F)F)cc2)nnc1-c1cccs1. The largest absolute Gasteiger partial charge is 0.325 e. The van der Waals surface area contributed by atoms with Crippen LogP contribution in [0.2, 0.25) is 0 Å². The quantitative estimate of drug-likeness (QED) is 0.575. The van der Waals surface area contributed by atoms with Crippen molar-refractivity contribution in [3.63, 3.8) is 0 Å². The molecule has 0 saturated carbocycles. The number of hydrogen-bond acceptors (Lipinski definition) is 6. The van der Waals surface area contributed by atoms with Gasteiger partial charge in [0.1, 0.15) is 0 Å². The molecule has 3 aromatic rings. The molecule has 10 heteroatoms. The maximum atomic E-state index is 12.3. The minimum atomic E-state index is -2.46. The van der Waals surface area contributed by atoms with Gasteiger partial charge < -0.3 is 9.88 Å². The molecule has 26 heavy (non-hydrogen) atoms. The van der Waals surface area contributed by atoms with Gasteiger partial charge in [0, 0.05) is 17.6 Å². The van der Waals surface area contributed by atoms with Crippen LogP contribution >= 0.6 is 34.9 Å². The number of anilines is 1. The van der Waals surface area contributed by atoms with E-state index >= 15 is 0 Å². The first kappa shape index (κ1) is 18.9. The monoisotopic (exact) mass is 412 g/mol. The van der Waals surface area contributed by atoms with Crippen LogP contribution in [-0.4, -0.2) is 32.2 Å². The number of amides is 1. The van der Waals surface area contributed by atoms with Crippen LogP contribution < -0.4 is 5.32 Å². The van der Waals surface area contributed by atoms with Crippen molar-refractivity contribution in [1.82, 2.24) is 14.8 Å². The fourth-order valence-corrected chi connectivity index (χ4v) is 4.06. The first-order chi connectivity index (χ1) is 12.5. The Morgan fingerprint density at radius 1 is 1.27 bits per heavy atom. The van der Waals surface area contributed by atoms with Crippen LogP contribution in [0.1, 0.15) is 0 Å². The van der Waals surface area contributed by atoms with Crippen LogP contribution in [0.25, 0.3) is 10.7 Å². The molecule has 0 unspecified atom stereocenters. The highest BCUT2D eigenvalue weighted by atomic mass is 32.2. The van der Waals surface area contributed by atoms with E-state index in [2.05, 4.69) is 15.5 Å². The number of carbonyl (C=O) groups excluding carboxylic acids is 1. The molecule has 0 aliphatic heterocycles. The Hall–Kier alpha value is -1.91. The molecule has 0 aliphatic rings. The molecular weight excluding hydrogens is 398 g/mol. The topological polar surface area (TPSA) is 59.8 Å². The van der Waals surface area contributed by atoms with E-state index in [9.17, 15) is 13.6 Å². The maximum Gasteiger partial charge on any atom is 0.288 e. The lowest BCUT2D eigenvalue weighted by Gasteiger charge is -2.06. The zero-order chi connectivity index (χ0) is 18.5. The van der Waals surface area contributed by atoms with Crippen LogP contribution in [-0.2, 0) is 11.8 Å². The number of aromatic nitrogens is 3. The predicted molar refractivity (Wildman–Crippen MR) is 102 cm³/mol. The molecule has 0 bridgehead atoms. The molecule has 1 N–H and O–H groups in total. The van der Waals surface area contributed by atoms with Crippen LogP contribution in [0, 0.1) is 0 Å². The second-order valence-electron chi connectivity index (χ2n) is 5.08. The van der Waals surface area contributed by atoms with Gasteiger partial charge in [-0.3, -0.25) is 4.79 Å². The lowest BCUT2D eigenvalue weighted by molar-refractivity contribution is -0.113. The lowest BCUT2D eigenvalue weighted by atomic mass is 10.3. The molecule has 136 valence electrons. The number of hydrogen-bond donors (Lipinski definition) is 1. The fraction of sp³-hybridized carbons (Fsp3) is 0.188. The smallest absolute Gasteiger partial charge is 0.288 e. The molecule has 0 spiro atoms.